The van der Waals surface area contributed by atoms with Crippen LogP contribution in [-0.4, -0.2) is 120 Å². The lowest BCUT2D eigenvalue weighted by molar-refractivity contribution is -0.260. The molecule has 1 aliphatic heterocycles. The highest BCUT2D eigenvalue weighted by Crippen LogP contribution is 2.52. The van der Waals surface area contributed by atoms with Gasteiger partial charge in [0.05, 0.1) is 61.4 Å². The van der Waals surface area contributed by atoms with Gasteiger partial charge in [0, 0.05) is 62.8 Å². The predicted molar refractivity (Wildman–Crippen MR) is 166 cm³/mol. The highest BCUT2D eigenvalue weighted by atomic mass is 16.7. The summed E-state index contributed by atoms with van der Waals surface area (Å²) in [7, 11) is 4.30. The molecule has 2 aromatic carbocycles. The van der Waals surface area contributed by atoms with Gasteiger partial charge in [-0.15, -0.1) is 0 Å². The van der Waals surface area contributed by atoms with E-state index in [2.05, 4.69) is 6.07 Å². The number of carbonyl (C=O) groups is 3. The van der Waals surface area contributed by atoms with E-state index in [4.69, 9.17) is 23.7 Å². The van der Waals surface area contributed by atoms with Crippen LogP contribution >= 0.6 is 0 Å². The summed E-state index contributed by atoms with van der Waals surface area (Å²) in [6.07, 6.45) is -5.18. The Hall–Kier alpha value is -3.94. The molecule has 2 aromatic rings. The minimum absolute atomic E-state index is 0.00112. The van der Waals surface area contributed by atoms with Gasteiger partial charge in [-0.25, -0.2) is 0 Å². The first-order valence-corrected chi connectivity index (χ1v) is 15.6. The van der Waals surface area contributed by atoms with Crippen molar-refractivity contribution in [3.05, 3.63) is 51.6 Å². The zero-order chi connectivity index (χ0) is 35.1. The van der Waals surface area contributed by atoms with Crippen LogP contribution < -0.4 is 4.74 Å². The Morgan fingerprint density at radius 2 is 1.83 bits per heavy atom. The topological polar surface area (TPSA) is 205 Å². The molecule has 1 fully saturated rings. The summed E-state index contributed by atoms with van der Waals surface area (Å²) < 4.78 is 28.2. The van der Waals surface area contributed by atoms with E-state index in [0.717, 1.165) is 0 Å². The summed E-state index contributed by atoms with van der Waals surface area (Å²) in [5.74, 6) is -3.36. The van der Waals surface area contributed by atoms with Crippen LogP contribution in [0.1, 0.15) is 75.8 Å². The molecule has 4 N–H and O–H groups in total. The SMILES string of the molecule is COCCN(C(C#N)COC)C1CC(O[C@H]2C[C@](O)(C(C)=O)Cc3c(O)c4c(c(O)c32)C(=O)c2c(OC)cccc2C4=O)OC(C)C1O. The van der Waals surface area contributed by atoms with E-state index >= 15 is 0 Å². The largest absolute Gasteiger partial charge is 0.507 e. The van der Waals surface area contributed by atoms with Gasteiger partial charge in [-0.3, -0.25) is 19.3 Å². The number of ketones is 3. The van der Waals surface area contributed by atoms with Crippen molar-refractivity contribution in [1.29, 1.82) is 5.26 Å². The summed E-state index contributed by atoms with van der Waals surface area (Å²) in [6, 6.07) is 5.15. The third kappa shape index (κ3) is 5.96. The van der Waals surface area contributed by atoms with Crippen LogP contribution in [0.25, 0.3) is 0 Å². The Labute approximate surface area is 277 Å². The number of nitrogens with zero attached hydrogens (tertiary/aromatic N) is 2. The Morgan fingerprint density at radius 1 is 1.12 bits per heavy atom. The summed E-state index contributed by atoms with van der Waals surface area (Å²) in [4.78, 5) is 42.2. The molecule has 0 spiro atoms. The maximum absolute atomic E-state index is 13.9. The number of aromatic hydroxyl groups is 2. The molecule has 258 valence electrons. The van der Waals surface area contributed by atoms with Crippen molar-refractivity contribution >= 4 is 17.3 Å². The van der Waals surface area contributed by atoms with Crippen LogP contribution in [0.4, 0.5) is 0 Å². The van der Waals surface area contributed by atoms with E-state index in [1.807, 2.05) is 0 Å². The van der Waals surface area contributed by atoms with Gasteiger partial charge in [0.1, 0.15) is 28.9 Å². The lowest BCUT2D eigenvalue weighted by atomic mass is 9.72. The van der Waals surface area contributed by atoms with E-state index in [0.29, 0.717) is 0 Å². The lowest BCUT2D eigenvalue weighted by Crippen LogP contribution is -2.59. The standard InChI is InChI=1S/C34H40N2O12/c1-16-29(38)21(36(9-10-44-3)18(14-35)15-45-4)11-24(47-16)48-23-13-34(43,17(2)37)12-20-26(23)33(42)28-27(31(20)40)30(39)19-7-6-8-22(46-5)25(19)32(28)41/h6-8,16,18,21,23-24,29,38,40,42-43H,9-13,15H2,1-5H3/t16?,18?,21?,23-,24?,29?,34-/m0/s1. The van der Waals surface area contributed by atoms with Gasteiger partial charge < -0.3 is 44.1 Å². The molecule has 5 unspecified atom stereocenters. The number of hydrogen-bond donors (Lipinski definition) is 4. The van der Waals surface area contributed by atoms with E-state index in [9.17, 15) is 40.1 Å². The van der Waals surface area contributed by atoms with Crippen molar-refractivity contribution in [1.82, 2.24) is 4.90 Å². The molecule has 0 aromatic heterocycles. The van der Waals surface area contributed by atoms with Gasteiger partial charge in [0.2, 0.25) is 5.78 Å². The molecule has 3 aliphatic rings. The number of phenolic OH excluding ortho intramolecular Hbond substituents is 2. The summed E-state index contributed by atoms with van der Waals surface area (Å²) in [5.41, 5.74) is -3.32. The molecule has 48 heavy (non-hydrogen) atoms. The first kappa shape index (κ1) is 35.4. The number of hydrogen-bond acceptors (Lipinski definition) is 14. The minimum atomic E-state index is -2.08. The smallest absolute Gasteiger partial charge is 0.202 e. The second-order valence-corrected chi connectivity index (χ2v) is 12.4. The predicted octanol–water partition coefficient (Wildman–Crippen LogP) is 1.56. The number of nitriles is 1. The summed E-state index contributed by atoms with van der Waals surface area (Å²) >= 11 is 0. The normalized spacial score (nSPS) is 27.1. The van der Waals surface area contributed by atoms with E-state index in [1.165, 1.54) is 46.5 Å². The molecule has 14 heteroatoms. The van der Waals surface area contributed by atoms with Gasteiger partial charge in [-0.1, -0.05) is 12.1 Å². The number of phenols is 2. The Kier molecular flexibility index (Phi) is 10.2. The molecule has 0 radical (unpaired) electrons. The minimum Gasteiger partial charge on any atom is -0.507 e. The van der Waals surface area contributed by atoms with Crippen LogP contribution in [-0.2, 0) is 30.2 Å². The van der Waals surface area contributed by atoms with Crippen LogP contribution in [0.5, 0.6) is 17.2 Å². The second-order valence-electron chi connectivity index (χ2n) is 12.4. The first-order chi connectivity index (χ1) is 22.8. The third-order valence-corrected chi connectivity index (χ3v) is 9.58. The molecular formula is C34H40N2O12. The third-order valence-electron chi connectivity index (χ3n) is 9.58. The van der Waals surface area contributed by atoms with Gasteiger partial charge in [0.15, 0.2) is 17.9 Å². The number of carbonyl (C=O) groups excluding carboxylic acids is 3. The average molecular weight is 669 g/mol. The fourth-order valence-corrected chi connectivity index (χ4v) is 7.04. The number of ether oxygens (including phenoxy) is 5. The number of fused-ring (bicyclic) bond motifs is 3. The van der Waals surface area contributed by atoms with Crippen molar-refractivity contribution in [3.63, 3.8) is 0 Å². The number of methoxy groups -OCH3 is 3. The Bertz CT molecular complexity index is 1650. The van der Waals surface area contributed by atoms with Crippen LogP contribution in [0.15, 0.2) is 18.2 Å². The van der Waals surface area contributed by atoms with Crippen LogP contribution in [0.3, 0.4) is 0 Å². The molecular weight excluding hydrogens is 628 g/mol. The molecule has 0 bridgehead atoms. The maximum Gasteiger partial charge on any atom is 0.202 e. The van der Waals surface area contributed by atoms with Crippen molar-refractivity contribution in [2.45, 2.75) is 75.4 Å². The molecule has 5 rings (SSSR count). The van der Waals surface area contributed by atoms with E-state index in [-0.39, 0.29) is 60.6 Å². The monoisotopic (exact) mass is 668 g/mol. The van der Waals surface area contributed by atoms with Gasteiger partial charge in [0.25, 0.3) is 0 Å². The van der Waals surface area contributed by atoms with E-state index in [1.54, 1.807) is 11.8 Å². The lowest BCUT2D eigenvalue weighted by Gasteiger charge is -2.46. The summed E-state index contributed by atoms with van der Waals surface area (Å²) in [5, 5.41) is 56.0. The van der Waals surface area contributed by atoms with Gasteiger partial charge in [-0.05, 0) is 19.9 Å². The number of rotatable bonds is 11. The Morgan fingerprint density at radius 3 is 2.46 bits per heavy atom. The average Bonchev–Trinajstić information content (AvgIpc) is 3.06. The number of aliphatic hydroxyl groups excluding tert-OH is 1. The number of aliphatic hydroxyl groups is 2. The van der Waals surface area contributed by atoms with Crippen molar-refractivity contribution < 1.29 is 58.5 Å². The van der Waals surface area contributed by atoms with Crippen LogP contribution in [0.2, 0.25) is 0 Å². The molecule has 1 heterocycles. The highest BCUT2D eigenvalue weighted by Gasteiger charge is 2.50. The summed E-state index contributed by atoms with van der Waals surface area (Å²) in [6.45, 7) is 3.34. The van der Waals surface area contributed by atoms with Crippen molar-refractivity contribution in [2.24, 2.45) is 0 Å². The van der Waals surface area contributed by atoms with Crippen LogP contribution in [0, 0.1) is 11.3 Å². The zero-order valence-corrected chi connectivity index (χ0v) is 27.4. The fraction of sp³-hybridized carbons (Fsp3) is 0.529. The zero-order valence-electron chi connectivity index (χ0n) is 27.4. The molecule has 1 saturated heterocycles. The number of benzene rings is 2. The molecule has 14 nitrogen and oxygen atoms in total. The second kappa shape index (κ2) is 13.9. The molecule has 2 aliphatic carbocycles. The quantitative estimate of drug-likeness (QED) is 0.214. The van der Waals surface area contributed by atoms with Crippen molar-refractivity contribution in [2.75, 3.05) is 41.1 Å². The molecule has 7 atom stereocenters. The van der Waals surface area contributed by atoms with E-state index < -0.39 is 88.7 Å². The molecule has 0 saturated carbocycles. The van der Waals surface area contributed by atoms with Gasteiger partial charge in [-0.2, -0.15) is 5.26 Å². The molecule has 0 amide bonds. The fourth-order valence-electron chi connectivity index (χ4n) is 7.04. The van der Waals surface area contributed by atoms with Crippen molar-refractivity contribution in [3.8, 4) is 23.3 Å². The maximum atomic E-state index is 13.9. The van der Waals surface area contributed by atoms with Gasteiger partial charge >= 0.3 is 0 Å². The first-order valence-electron chi connectivity index (χ1n) is 15.6. The highest BCUT2D eigenvalue weighted by molar-refractivity contribution is 6.31. The Balaban J connectivity index is 1.59. The number of Topliss-reactive ketones (excluding diaryl/α,β-unsaturated/α-hetero) is 1.